The Morgan fingerprint density at radius 3 is 1.84 bits per heavy atom. The molecule has 0 fully saturated rings. The number of fused-ring (bicyclic) bond motifs is 2. The molecule has 0 unspecified atom stereocenters. The van der Waals surface area contributed by atoms with Crippen LogP contribution in [0.3, 0.4) is 0 Å². The normalized spacial score (nSPS) is 22.6. The van der Waals surface area contributed by atoms with E-state index in [1.807, 2.05) is 0 Å². The number of aliphatic hydroxyl groups excluding tert-OH is 1. The highest BCUT2D eigenvalue weighted by Gasteiger charge is 2.46. The highest BCUT2D eigenvalue weighted by Crippen LogP contribution is 2.57. The molecule has 0 aromatic heterocycles. The smallest absolute Gasteiger partial charge is 0.157 e. The Hall–Kier alpha value is -5.20. The van der Waals surface area contributed by atoms with Gasteiger partial charge in [-0.15, -0.1) is 0 Å². The molecule has 12 heteroatoms. The van der Waals surface area contributed by atoms with Crippen molar-refractivity contribution in [1.82, 2.24) is 0 Å². The van der Waals surface area contributed by atoms with E-state index in [0.29, 0.717) is 5.56 Å². The standard InChI is InChI=1S/C31H28O12/c1-41-24-10-15-18(35)11-22(39)26(31(15)43-29(24)12-2-4-16(33)19(36)6-12)27-25-21(38)8-14(32)9-23(25)42-30(28(27)40)13-3-5-17(34)20(37)7-13/h2-9,11,24,27-30,32-40H,10H2,1H3/t24-,27-,28-,29-,30-/m1/s1. The maximum absolute atomic E-state index is 11.8. The van der Waals surface area contributed by atoms with Crippen LogP contribution in [0.4, 0.5) is 0 Å². The summed E-state index contributed by atoms with van der Waals surface area (Å²) in [5.41, 5.74) is 0.840. The molecule has 4 aromatic carbocycles. The summed E-state index contributed by atoms with van der Waals surface area (Å²) in [7, 11) is 1.44. The van der Waals surface area contributed by atoms with Crippen molar-refractivity contribution in [3.05, 3.63) is 82.4 Å². The van der Waals surface area contributed by atoms with E-state index in [4.69, 9.17) is 14.2 Å². The van der Waals surface area contributed by atoms with Gasteiger partial charge in [0.2, 0.25) is 0 Å². The van der Waals surface area contributed by atoms with Gasteiger partial charge in [0, 0.05) is 48.4 Å². The number of ether oxygens (including phenoxy) is 3. The van der Waals surface area contributed by atoms with Crippen LogP contribution in [0.2, 0.25) is 0 Å². The molecule has 224 valence electrons. The lowest BCUT2D eigenvalue weighted by atomic mass is 9.77. The van der Waals surface area contributed by atoms with Gasteiger partial charge in [-0.1, -0.05) is 12.1 Å². The molecule has 0 saturated heterocycles. The van der Waals surface area contributed by atoms with Crippen LogP contribution in [-0.4, -0.2) is 65.3 Å². The Bertz CT molecular complexity index is 1740. The van der Waals surface area contributed by atoms with E-state index in [1.165, 1.54) is 49.6 Å². The third-order valence-electron chi connectivity index (χ3n) is 7.96. The molecule has 2 heterocycles. The van der Waals surface area contributed by atoms with Crippen molar-refractivity contribution in [2.45, 2.75) is 36.8 Å². The van der Waals surface area contributed by atoms with Gasteiger partial charge in [0.15, 0.2) is 35.2 Å². The molecule has 0 radical (unpaired) electrons. The monoisotopic (exact) mass is 592 g/mol. The molecule has 43 heavy (non-hydrogen) atoms. The second kappa shape index (κ2) is 10.3. The fraction of sp³-hybridized carbons (Fsp3) is 0.226. The summed E-state index contributed by atoms with van der Waals surface area (Å²) < 4.78 is 18.0. The number of hydrogen-bond donors (Lipinski definition) is 9. The number of rotatable bonds is 4. The van der Waals surface area contributed by atoms with Crippen LogP contribution in [0.25, 0.3) is 0 Å². The quantitative estimate of drug-likeness (QED) is 0.156. The number of hydrogen-bond acceptors (Lipinski definition) is 12. The van der Waals surface area contributed by atoms with E-state index >= 15 is 0 Å². The summed E-state index contributed by atoms with van der Waals surface area (Å²) in [6.07, 6.45) is -4.34. The summed E-state index contributed by atoms with van der Waals surface area (Å²) in [5, 5.41) is 95.1. The fourth-order valence-electron chi connectivity index (χ4n) is 5.90. The molecule has 2 aliphatic rings. The van der Waals surface area contributed by atoms with Crippen LogP contribution in [0.5, 0.6) is 57.5 Å². The topological polar surface area (TPSA) is 210 Å². The molecular formula is C31H28O12. The van der Waals surface area contributed by atoms with E-state index < -0.39 is 59.1 Å². The zero-order valence-electron chi connectivity index (χ0n) is 22.5. The minimum Gasteiger partial charge on any atom is -0.508 e. The second-order valence-electron chi connectivity index (χ2n) is 10.5. The van der Waals surface area contributed by atoms with Gasteiger partial charge in [0.1, 0.15) is 46.7 Å². The number of aliphatic hydroxyl groups is 1. The van der Waals surface area contributed by atoms with Gasteiger partial charge in [-0.05, 0) is 35.4 Å². The molecule has 0 amide bonds. The lowest BCUT2D eigenvalue weighted by molar-refractivity contribution is -0.0161. The first-order valence-electron chi connectivity index (χ1n) is 13.2. The minimum atomic E-state index is -1.56. The van der Waals surface area contributed by atoms with Gasteiger partial charge in [-0.2, -0.15) is 0 Å². The molecule has 2 aliphatic heterocycles. The van der Waals surface area contributed by atoms with Crippen molar-refractivity contribution >= 4 is 0 Å². The molecule has 12 nitrogen and oxygen atoms in total. The summed E-state index contributed by atoms with van der Waals surface area (Å²) in [4.78, 5) is 0. The molecule has 0 aliphatic carbocycles. The van der Waals surface area contributed by atoms with Crippen molar-refractivity contribution < 1.29 is 60.2 Å². The van der Waals surface area contributed by atoms with Gasteiger partial charge >= 0.3 is 0 Å². The van der Waals surface area contributed by atoms with Gasteiger partial charge in [-0.25, -0.2) is 0 Å². The van der Waals surface area contributed by atoms with Gasteiger partial charge in [0.05, 0.1) is 5.92 Å². The van der Waals surface area contributed by atoms with E-state index in [0.717, 1.165) is 12.1 Å². The molecular weight excluding hydrogens is 564 g/mol. The molecule has 5 atom stereocenters. The zero-order chi connectivity index (χ0) is 30.7. The Balaban J connectivity index is 1.56. The molecule has 0 bridgehead atoms. The van der Waals surface area contributed by atoms with Gasteiger partial charge in [-0.3, -0.25) is 0 Å². The highest BCUT2D eigenvalue weighted by molar-refractivity contribution is 5.66. The first-order valence-corrected chi connectivity index (χ1v) is 13.2. The number of phenols is 8. The first-order chi connectivity index (χ1) is 20.5. The van der Waals surface area contributed by atoms with Crippen LogP contribution in [0.15, 0.2) is 54.6 Å². The SMILES string of the molecule is CO[C@@H]1Cc2c(O)cc(O)c([C@H]3c4c(O)cc(O)cc4O[C@H](c4ccc(O)c(O)c4)[C@@H]3O)c2O[C@@H]1c1ccc(O)c(O)c1. The summed E-state index contributed by atoms with van der Waals surface area (Å²) in [6, 6.07) is 11.2. The number of phenolic OH excluding ortho intramolecular Hbond substituents is 8. The number of benzene rings is 4. The molecule has 4 aromatic rings. The largest absolute Gasteiger partial charge is 0.508 e. The lowest BCUT2D eigenvalue weighted by Gasteiger charge is -2.40. The van der Waals surface area contributed by atoms with E-state index in [1.54, 1.807) is 0 Å². The first kappa shape index (κ1) is 27.9. The fourth-order valence-corrected chi connectivity index (χ4v) is 5.90. The third kappa shape index (κ3) is 4.57. The van der Waals surface area contributed by atoms with Crippen LogP contribution < -0.4 is 9.47 Å². The maximum Gasteiger partial charge on any atom is 0.157 e. The van der Waals surface area contributed by atoms with Gasteiger partial charge in [0.25, 0.3) is 0 Å². The predicted molar refractivity (Wildman–Crippen MR) is 148 cm³/mol. The van der Waals surface area contributed by atoms with Crippen LogP contribution >= 0.6 is 0 Å². The predicted octanol–water partition coefficient (Wildman–Crippen LogP) is 3.65. The van der Waals surface area contributed by atoms with Crippen molar-refractivity contribution in [2.75, 3.05) is 7.11 Å². The lowest BCUT2D eigenvalue weighted by Crippen LogP contribution is -2.37. The molecule has 9 N–H and O–H groups in total. The Morgan fingerprint density at radius 1 is 0.628 bits per heavy atom. The summed E-state index contributed by atoms with van der Waals surface area (Å²) >= 11 is 0. The molecule has 6 rings (SSSR count). The van der Waals surface area contributed by atoms with Crippen LogP contribution in [0.1, 0.15) is 45.9 Å². The van der Waals surface area contributed by atoms with E-state index in [-0.39, 0.29) is 57.4 Å². The number of methoxy groups -OCH3 is 1. The highest BCUT2D eigenvalue weighted by atomic mass is 16.5. The third-order valence-corrected chi connectivity index (χ3v) is 7.96. The maximum atomic E-state index is 11.8. The van der Waals surface area contributed by atoms with Crippen molar-refractivity contribution in [2.24, 2.45) is 0 Å². The Labute approximate surface area is 244 Å². The second-order valence-corrected chi connectivity index (χ2v) is 10.5. The molecule has 0 spiro atoms. The van der Waals surface area contributed by atoms with Gasteiger partial charge < -0.3 is 60.2 Å². The average molecular weight is 593 g/mol. The molecule has 0 saturated carbocycles. The Morgan fingerprint density at radius 2 is 1.23 bits per heavy atom. The van der Waals surface area contributed by atoms with Crippen molar-refractivity contribution in [3.63, 3.8) is 0 Å². The van der Waals surface area contributed by atoms with Crippen LogP contribution in [-0.2, 0) is 11.2 Å². The average Bonchev–Trinajstić information content (AvgIpc) is 2.96. The summed E-state index contributed by atoms with van der Waals surface area (Å²) in [5.74, 6) is -4.61. The van der Waals surface area contributed by atoms with Crippen molar-refractivity contribution in [1.29, 1.82) is 0 Å². The van der Waals surface area contributed by atoms with E-state index in [9.17, 15) is 46.0 Å². The summed E-state index contributed by atoms with van der Waals surface area (Å²) in [6.45, 7) is 0. The Kier molecular flexibility index (Phi) is 6.67. The zero-order valence-corrected chi connectivity index (χ0v) is 22.5. The van der Waals surface area contributed by atoms with Crippen molar-refractivity contribution in [3.8, 4) is 57.5 Å². The number of aromatic hydroxyl groups is 8. The van der Waals surface area contributed by atoms with Crippen LogP contribution in [0, 0.1) is 0 Å². The van der Waals surface area contributed by atoms with E-state index in [2.05, 4.69) is 0 Å². The minimum absolute atomic E-state index is 0.00373.